The number of methoxy groups -OCH3 is 1. The highest BCUT2D eigenvalue weighted by Crippen LogP contribution is 2.74. The number of halogens is 1. The Labute approximate surface area is 80.3 Å². The number of hydrogen-bond donors (Lipinski definition) is 0. The molecule has 0 spiro atoms. The van der Waals surface area contributed by atoms with E-state index >= 15 is 0 Å². The van der Waals surface area contributed by atoms with Gasteiger partial charge in [-0.25, -0.2) is 4.79 Å². The lowest BCUT2D eigenvalue weighted by Crippen LogP contribution is -2.68. The van der Waals surface area contributed by atoms with E-state index in [2.05, 4.69) is 9.03 Å². The third-order valence-electron chi connectivity index (χ3n) is 3.15. The first-order valence-corrected chi connectivity index (χ1v) is 4.31. The van der Waals surface area contributed by atoms with Gasteiger partial charge in [-0.05, 0) is 19.3 Å². The molecule has 0 unspecified atom stereocenters. The summed E-state index contributed by atoms with van der Waals surface area (Å²) in [4.78, 5) is 22.3. The summed E-state index contributed by atoms with van der Waals surface area (Å²) in [6.07, 6.45) is 1.58. The Balaban J connectivity index is 2.00. The van der Waals surface area contributed by atoms with Gasteiger partial charge in [-0.3, -0.25) is 4.79 Å². The van der Waals surface area contributed by atoms with Crippen molar-refractivity contribution in [2.24, 2.45) is 10.8 Å². The SMILES string of the molecule is COC(=O)C12CC(C(=O)OCl)(C1)C2. The molecule has 3 fully saturated rings. The Morgan fingerprint density at radius 2 is 1.62 bits per heavy atom. The molecule has 0 aliphatic heterocycles. The normalized spacial score (nSPS) is 39.8. The van der Waals surface area contributed by atoms with E-state index in [1.807, 2.05) is 0 Å². The van der Waals surface area contributed by atoms with Gasteiger partial charge in [0.1, 0.15) is 11.9 Å². The maximum absolute atomic E-state index is 11.2. The van der Waals surface area contributed by atoms with Crippen LogP contribution in [0.1, 0.15) is 19.3 Å². The zero-order chi connectivity index (χ0) is 9.69. The lowest BCUT2D eigenvalue weighted by molar-refractivity contribution is -0.230. The minimum absolute atomic E-state index is 0.225. The second-order valence-corrected chi connectivity index (χ2v) is 4.10. The lowest BCUT2D eigenvalue weighted by Gasteiger charge is -2.65. The molecule has 0 aromatic carbocycles. The van der Waals surface area contributed by atoms with Gasteiger partial charge in [-0.2, -0.15) is 0 Å². The van der Waals surface area contributed by atoms with Crippen LogP contribution in [-0.4, -0.2) is 19.0 Å². The van der Waals surface area contributed by atoms with E-state index in [-0.39, 0.29) is 5.97 Å². The fourth-order valence-corrected chi connectivity index (χ4v) is 2.68. The summed E-state index contributed by atoms with van der Waals surface area (Å²) in [5.41, 5.74) is -0.879. The maximum atomic E-state index is 11.2. The lowest BCUT2D eigenvalue weighted by atomic mass is 9.35. The molecule has 0 radical (unpaired) electrons. The summed E-state index contributed by atoms with van der Waals surface area (Å²) in [5, 5.41) is 0. The Morgan fingerprint density at radius 1 is 1.15 bits per heavy atom. The van der Waals surface area contributed by atoms with Crippen LogP contribution in [0.4, 0.5) is 0 Å². The molecule has 13 heavy (non-hydrogen) atoms. The minimum atomic E-state index is -0.476. The molecule has 3 aliphatic carbocycles. The number of carbonyl (C=O) groups excluding carboxylic acids is 2. The molecule has 3 rings (SSSR count). The summed E-state index contributed by atoms with van der Waals surface area (Å²) in [6, 6.07) is 0. The molecule has 0 heterocycles. The van der Waals surface area contributed by atoms with E-state index < -0.39 is 16.8 Å². The number of hydrogen-bond acceptors (Lipinski definition) is 4. The molecular weight excluding hydrogens is 196 g/mol. The average Bonchev–Trinajstić information content (AvgIpc) is 1.98. The van der Waals surface area contributed by atoms with E-state index in [0.29, 0.717) is 19.3 Å². The molecule has 3 aliphatic rings. The average molecular weight is 205 g/mol. The molecule has 72 valence electrons. The quantitative estimate of drug-likeness (QED) is 0.631. The largest absolute Gasteiger partial charge is 0.469 e. The highest BCUT2D eigenvalue weighted by atomic mass is 35.5. The van der Waals surface area contributed by atoms with Gasteiger partial charge in [0.2, 0.25) is 0 Å². The summed E-state index contributed by atoms with van der Waals surface area (Å²) in [6.45, 7) is 0. The summed E-state index contributed by atoms with van der Waals surface area (Å²) in [7, 11) is 1.36. The standard InChI is InChI=1S/C8H9ClO4/c1-12-5(10)7-2-8(3-7,4-7)6(11)13-9/h2-4H2,1H3. The molecule has 2 bridgehead atoms. The molecular formula is C8H9ClO4. The maximum Gasteiger partial charge on any atom is 0.330 e. The Hall–Kier alpha value is -0.770. The van der Waals surface area contributed by atoms with Crippen LogP contribution in [0.15, 0.2) is 0 Å². The predicted octanol–water partition coefficient (Wildman–Crippen LogP) is 1.03. The Morgan fingerprint density at radius 3 is 2.00 bits per heavy atom. The first kappa shape index (κ1) is 8.81. The zero-order valence-electron chi connectivity index (χ0n) is 7.13. The first-order valence-electron chi connectivity index (χ1n) is 4.00. The van der Waals surface area contributed by atoms with Crippen LogP contribution in [0.3, 0.4) is 0 Å². The zero-order valence-corrected chi connectivity index (χ0v) is 7.89. The van der Waals surface area contributed by atoms with Crippen LogP contribution in [-0.2, 0) is 18.6 Å². The van der Waals surface area contributed by atoms with Gasteiger partial charge in [-0.1, -0.05) is 0 Å². The van der Waals surface area contributed by atoms with Gasteiger partial charge >= 0.3 is 11.9 Å². The van der Waals surface area contributed by atoms with E-state index in [9.17, 15) is 9.59 Å². The molecule has 0 atom stereocenters. The molecule has 3 saturated carbocycles. The van der Waals surface area contributed by atoms with E-state index in [4.69, 9.17) is 11.9 Å². The predicted molar refractivity (Wildman–Crippen MR) is 42.7 cm³/mol. The molecule has 4 nitrogen and oxygen atoms in total. The third-order valence-corrected chi connectivity index (χ3v) is 3.29. The third kappa shape index (κ3) is 0.866. The highest BCUT2D eigenvalue weighted by molar-refractivity contribution is 6.14. The number of esters is 1. The topological polar surface area (TPSA) is 52.6 Å². The second-order valence-electron chi connectivity index (χ2n) is 3.95. The first-order chi connectivity index (χ1) is 6.08. The van der Waals surface area contributed by atoms with Gasteiger partial charge in [-0.15, -0.1) is 0 Å². The van der Waals surface area contributed by atoms with E-state index in [1.165, 1.54) is 7.11 Å². The fourth-order valence-electron chi connectivity index (χ4n) is 2.52. The van der Waals surface area contributed by atoms with Crippen LogP contribution < -0.4 is 0 Å². The van der Waals surface area contributed by atoms with Gasteiger partial charge in [0, 0.05) is 0 Å². The van der Waals surface area contributed by atoms with Crippen molar-refractivity contribution in [3.63, 3.8) is 0 Å². The summed E-state index contributed by atoms with van der Waals surface area (Å²) in [5.74, 6) is -0.642. The number of carbonyl (C=O) groups is 2. The fraction of sp³-hybridized carbons (Fsp3) is 0.750. The van der Waals surface area contributed by atoms with Crippen molar-refractivity contribution in [1.29, 1.82) is 0 Å². The van der Waals surface area contributed by atoms with Gasteiger partial charge < -0.3 is 9.03 Å². The van der Waals surface area contributed by atoms with E-state index in [0.717, 1.165) is 0 Å². The van der Waals surface area contributed by atoms with Crippen LogP contribution in [0, 0.1) is 10.8 Å². The highest BCUT2D eigenvalue weighted by Gasteiger charge is 2.76. The van der Waals surface area contributed by atoms with Crippen molar-refractivity contribution < 1.29 is 18.6 Å². The van der Waals surface area contributed by atoms with Gasteiger partial charge in [0.25, 0.3) is 0 Å². The van der Waals surface area contributed by atoms with Crippen molar-refractivity contribution >= 4 is 23.8 Å². The number of ether oxygens (including phenoxy) is 1. The molecule has 0 aromatic rings. The summed E-state index contributed by atoms with van der Waals surface area (Å²) < 4.78 is 8.76. The van der Waals surface area contributed by atoms with Crippen LogP contribution in [0.2, 0.25) is 0 Å². The van der Waals surface area contributed by atoms with Crippen LogP contribution in [0.25, 0.3) is 0 Å². The monoisotopic (exact) mass is 204 g/mol. The Kier molecular flexibility index (Phi) is 1.61. The van der Waals surface area contributed by atoms with Crippen molar-refractivity contribution in [1.82, 2.24) is 0 Å². The second kappa shape index (κ2) is 2.38. The molecule has 0 amide bonds. The Bertz CT molecular complexity index is 240. The molecule has 0 aromatic heterocycles. The number of rotatable bonds is 2. The van der Waals surface area contributed by atoms with Gasteiger partial charge in [0.15, 0.2) is 0 Å². The van der Waals surface area contributed by atoms with Crippen LogP contribution >= 0.6 is 11.9 Å². The van der Waals surface area contributed by atoms with Gasteiger partial charge in [0.05, 0.1) is 17.9 Å². The minimum Gasteiger partial charge on any atom is -0.469 e. The van der Waals surface area contributed by atoms with E-state index in [1.54, 1.807) is 0 Å². The molecule has 0 saturated heterocycles. The molecule has 0 N–H and O–H groups in total. The van der Waals surface area contributed by atoms with Crippen molar-refractivity contribution in [3.8, 4) is 0 Å². The van der Waals surface area contributed by atoms with Crippen molar-refractivity contribution in [2.45, 2.75) is 19.3 Å². The smallest absolute Gasteiger partial charge is 0.330 e. The van der Waals surface area contributed by atoms with Crippen molar-refractivity contribution in [2.75, 3.05) is 7.11 Å². The summed E-state index contributed by atoms with van der Waals surface area (Å²) >= 11 is 4.97. The van der Waals surface area contributed by atoms with Crippen molar-refractivity contribution in [3.05, 3.63) is 0 Å². The molecule has 5 heteroatoms. The van der Waals surface area contributed by atoms with Crippen LogP contribution in [0.5, 0.6) is 0 Å².